The highest BCUT2D eigenvalue weighted by Gasteiger charge is 2.16. The van der Waals surface area contributed by atoms with Crippen molar-refractivity contribution < 1.29 is 4.92 Å². The lowest BCUT2D eigenvalue weighted by atomic mass is 10.0. The summed E-state index contributed by atoms with van der Waals surface area (Å²) in [6, 6.07) is 12.8. The van der Waals surface area contributed by atoms with E-state index in [1.54, 1.807) is 18.2 Å². The molecule has 0 unspecified atom stereocenters. The van der Waals surface area contributed by atoms with Crippen LogP contribution in [0.3, 0.4) is 0 Å². The van der Waals surface area contributed by atoms with Crippen molar-refractivity contribution in [3.63, 3.8) is 0 Å². The van der Waals surface area contributed by atoms with Crippen LogP contribution < -0.4 is 5.32 Å². The van der Waals surface area contributed by atoms with Gasteiger partial charge in [0.05, 0.1) is 10.5 Å². The van der Waals surface area contributed by atoms with Gasteiger partial charge in [-0.25, -0.2) is 0 Å². The standard InChI is InChI=1S/C14H12N2O2/c17-16(18)14-4-2-1-3-12(14)10-5-6-13-11(9-10)7-8-15-13/h1-6,9,15H,7-8H2. The van der Waals surface area contributed by atoms with E-state index in [1.165, 1.54) is 5.56 Å². The summed E-state index contributed by atoms with van der Waals surface area (Å²) >= 11 is 0. The molecule has 3 rings (SSSR count). The van der Waals surface area contributed by atoms with Gasteiger partial charge in [-0.15, -0.1) is 0 Å². The molecule has 18 heavy (non-hydrogen) atoms. The first-order valence-electron chi connectivity index (χ1n) is 5.86. The molecule has 2 aromatic rings. The first kappa shape index (κ1) is 10.8. The van der Waals surface area contributed by atoms with Gasteiger partial charge in [-0.3, -0.25) is 10.1 Å². The third kappa shape index (κ3) is 1.72. The molecule has 4 heteroatoms. The Balaban J connectivity index is 2.13. The highest BCUT2D eigenvalue weighted by Crippen LogP contribution is 2.33. The second-order valence-corrected chi connectivity index (χ2v) is 4.32. The van der Waals surface area contributed by atoms with Crippen molar-refractivity contribution in [1.29, 1.82) is 0 Å². The van der Waals surface area contributed by atoms with Crippen LogP contribution in [0.4, 0.5) is 11.4 Å². The largest absolute Gasteiger partial charge is 0.384 e. The Labute approximate surface area is 104 Å². The Morgan fingerprint density at radius 3 is 2.83 bits per heavy atom. The fraction of sp³-hybridized carbons (Fsp3) is 0.143. The number of nitrogens with one attached hydrogen (secondary N) is 1. The molecular weight excluding hydrogens is 228 g/mol. The molecule has 90 valence electrons. The SMILES string of the molecule is O=[N+]([O-])c1ccccc1-c1ccc2c(c1)CCN2. The Bertz CT molecular complexity index is 623. The second-order valence-electron chi connectivity index (χ2n) is 4.32. The summed E-state index contributed by atoms with van der Waals surface area (Å²) in [5, 5.41) is 14.3. The zero-order valence-electron chi connectivity index (χ0n) is 9.72. The highest BCUT2D eigenvalue weighted by molar-refractivity contribution is 5.76. The van der Waals surface area contributed by atoms with Crippen LogP contribution in [0.25, 0.3) is 11.1 Å². The predicted molar refractivity (Wildman–Crippen MR) is 70.7 cm³/mol. The summed E-state index contributed by atoms with van der Waals surface area (Å²) in [6.07, 6.45) is 0.976. The molecule has 0 fully saturated rings. The van der Waals surface area contributed by atoms with Crippen molar-refractivity contribution in [3.8, 4) is 11.1 Å². The molecule has 1 aliphatic rings. The van der Waals surface area contributed by atoms with Gasteiger partial charge in [0.2, 0.25) is 0 Å². The predicted octanol–water partition coefficient (Wildman–Crippen LogP) is 3.23. The van der Waals surface area contributed by atoms with E-state index in [9.17, 15) is 10.1 Å². The molecule has 1 heterocycles. The number of nitro groups is 1. The Kier molecular flexibility index (Phi) is 2.48. The fourth-order valence-electron chi connectivity index (χ4n) is 2.35. The van der Waals surface area contributed by atoms with Gasteiger partial charge in [0.15, 0.2) is 0 Å². The van der Waals surface area contributed by atoms with Crippen molar-refractivity contribution in [2.45, 2.75) is 6.42 Å². The molecule has 1 aliphatic heterocycles. The molecule has 0 spiro atoms. The van der Waals surface area contributed by atoms with E-state index in [-0.39, 0.29) is 10.6 Å². The first-order valence-corrected chi connectivity index (χ1v) is 5.86. The van der Waals surface area contributed by atoms with E-state index >= 15 is 0 Å². The van der Waals surface area contributed by atoms with Gasteiger partial charge in [-0.05, 0) is 35.7 Å². The summed E-state index contributed by atoms with van der Waals surface area (Å²) in [5.74, 6) is 0. The maximum Gasteiger partial charge on any atom is 0.277 e. The monoisotopic (exact) mass is 240 g/mol. The summed E-state index contributed by atoms with van der Waals surface area (Å²) in [7, 11) is 0. The number of nitro benzene ring substituents is 1. The van der Waals surface area contributed by atoms with E-state index in [0.29, 0.717) is 5.56 Å². The lowest BCUT2D eigenvalue weighted by Gasteiger charge is -2.05. The van der Waals surface area contributed by atoms with Crippen molar-refractivity contribution in [3.05, 3.63) is 58.1 Å². The van der Waals surface area contributed by atoms with Crippen LogP contribution in [-0.4, -0.2) is 11.5 Å². The maximum absolute atomic E-state index is 11.0. The minimum absolute atomic E-state index is 0.156. The topological polar surface area (TPSA) is 55.2 Å². The molecule has 0 aliphatic carbocycles. The average molecular weight is 240 g/mol. The van der Waals surface area contributed by atoms with E-state index in [0.717, 1.165) is 24.2 Å². The van der Waals surface area contributed by atoms with Crippen LogP contribution in [0, 0.1) is 10.1 Å². The molecule has 0 aromatic heterocycles. The van der Waals surface area contributed by atoms with Gasteiger partial charge in [-0.2, -0.15) is 0 Å². The molecule has 1 N–H and O–H groups in total. The quantitative estimate of drug-likeness (QED) is 0.647. The molecule has 4 nitrogen and oxygen atoms in total. The molecule has 0 radical (unpaired) electrons. The number of para-hydroxylation sites is 1. The summed E-state index contributed by atoms with van der Waals surface area (Å²) in [5.41, 5.74) is 4.10. The van der Waals surface area contributed by atoms with Gasteiger partial charge in [0.1, 0.15) is 0 Å². The Morgan fingerprint density at radius 1 is 1.17 bits per heavy atom. The Hall–Kier alpha value is -2.36. The van der Waals surface area contributed by atoms with Crippen LogP contribution in [0.15, 0.2) is 42.5 Å². The number of hydrogen-bond donors (Lipinski definition) is 1. The number of benzene rings is 2. The Morgan fingerprint density at radius 2 is 2.00 bits per heavy atom. The van der Waals surface area contributed by atoms with Crippen molar-refractivity contribution in [2.75, 3.05) is 11.9 Å². The molecular formula is C14H12N2O2. The van der Waals surface area contributed by atoms with Gasteiger partial charge in [0.25, 0.3) is 5.69 Å². The van der Waals surface area contributed by atoms with Crippen molar-refractivity contribution in [1.82, 2.24) is 0 Å². The molecule has 0 amide bonds. The van der Waals surface area contributed by atoms with Gasteiger partial charge >= 0.3 is 0 Å². The lowest BCUT2D eigenvalue weighted by molar-refractivity contribution is -0.384. The smallest absolute Gasteiger partial charge is 0.277 e. The summed E-state index contributed by atoms with van der Waals surface area (Å²) in [4.78, 5) is 10.7. The normalized spacial score (nSPS) is 12.9. The number of hydrogen-bond acceptors (Lipinski definition) is 3. The number of nitrogens with zero attached hydrogens (tertiary/aromatic N) is 1. The van der Waals surface area contributed by atoms with E-state index in [1.807, 2.05) is 24.3 Å². The van der Waals surface area contributed by atoms with Crippen LogP contribution in [0.2, 0.25) is 0 Å². The summed E-state index contributed by atoms with van der Waals surface area (Å²) < 4.78 is 0. The number of fused-ring (bicyclic) bond motifs is 1. The highest BCUT2D eigenvalue weighted by atomic mass is 16.6. The van der Waals surface area contributed by atoms with E-state index in [2.05, 4.69) is 5.32 Å². The zero-order valence-corrected chi connectivity index (χ0v) is 9.72. The third-order valence-electron chi connectivity index (χ3n) is 3.23. The second kappa shape index (κ2) is 4.14. The minimum Gasteiger partial charge on any atom is -0.384 e. The van der Waals surface area contributed by atoms with Gasteiger partial charge in [0, 0.05) is 18.3 Å². The number of anilines is 1. The van der Waals surface area contributed by atoms with Crippen LogP contribution in [0.1, 0.15) is 5.56 Å². The average Bonchev–Trinajstić information content (AvgIpc) is 2.85. The van der Waals surface area contributed by atoms with Crippen LogP contribution in [0.5, 0.6) is 0 Å². The third-order valence-corrected chi connectivity index (χ3v) is 3.23. The molecule has 0 bridgehead atoms. The van der Waals surface area contributed by atoms with Crippen molar-refractivity contribution in [2.24, 2.45) is 0 Å². The molecule has 0 saturated carbocycles. The molecule has 2 aromatic carbocycles. The molecule has 0 atom stereocenters. The first-order chi connectivity index (χ1) is 8.75. The minimum atomic E-state index is -0.333. The summed E-state index contributed by atoms with van der Waals surface area (Å²) in [6.45, 7) is 0.940. The molecule has 0 saturated heterocycles. The van der Waals surface area contributed by atoms with Crippen molar-refractivity contribution >= 4 is 11.4 Å². The van der Waals surface area contributed by atoms with Crippen LogP contribution in [-0.2, 0) is 6.42 Å². The fourth-order valence-corrected chi connectivity index (χ4v) is 2.35. The van der Waals surface area contributed by atoms with Gasteiger partial charge < -0.3 is 5.32 Å². The van der Waals surface area contributed by atoms with E-state index < -0.39 is 0 Å². The van der Waals surface area contributed by atoms with Crippen LogP contribution >= 0.6 is 0 Å². The lowest BCUT2D eigenvalue weighted by Crippen LogP contribution is -1.92. The number of rotatable bonds is 2. The maximum atomic E-state index is 11.0. The van der Waals surface area contributed by atoms with E-state index in [4.69, 9.17) is 0 Å². The van der Waals surface area contributed by atoms with Gasteiger partial charge in [-0.1, -0.05) is 18.2 Å². The zero-order chi connectivity index (χ0) is 12.5.